The molecule has 1 heterocycles. The van der Waals surface area contributed by atoms with Crippen molar-refractivity contribution >= 4 is 11.6 Å². The quantitative estimate of drug-likeness (QED) is 0.737. The summed E-state index contributed by atoms with van der Waals surface area (Å²) in [4.78, 5) is 17.4. The van der Waals surface area contributed by atoms with Gasteiger partial charge in [0.05, 0.1) is 7.11 Å². The lowest BCUT2D eigenvalue weighted by atomic mass is 9.84. The van der Waals surface area contributed by atoms with Gasteiger partial charge in [-0.25, -0.2) is 0 Å². The number of anilines is 1. The molecule has 5 nitrogen and oxygen atoms in total. The van der Waals surface area contributed by atoms with Crippen LogP contribution in [0.2, 0.25) is 0 Å². The number of nitrogens with one attached hydrogen (secondary N) is 1. The summed E-state index contributed by atoms with van der Waals surface area (Å²) in [5.74, 6) is 1.94. The number of hydrogen-bond donors (Lipinski definition) is 1. The molecule has 1 saturated heterocycles. The number of carbonyl (C=O) groups excluding carboxylic acids is 1. The van der Waals surface area contributed by atoms with Crippen LogP contribution in [0.1, 0.15) is 51.4 Å². The Balaban J connectivity index is 1.12. The Bertz CT molecular complexity index is 714. The fourth-order valence-electron chi connectivity index (χ4n) is 5.14. The van der Waals surface area contributed by atoms with Gasteiger partial charge in [-0.2, -0.15) is 0 Å². The molecule has 0 bridgehead atoms. The molecule has 1 aliphatic heterocycles. The second-order valence-electron chi connectivity index (χ2n) is 9.13. The Morgan fingerprint density at radius 1 is 1.07 bits per heavy atom. The van der Waals surface area contributed by atoms with Gasteiger partial charge in [-0.05, 0) is 88.1 Å². The zero-order valence-corrected chi connectivity index (χ0v) is 18.4. The molecule has 164 valence electrons. The summed E-state index contributed by atoms with van der Waals surface area (Å²) in [5.41, 5.74) is 2.31. The van der Waals surface area contributed by atoms with Crippen molar-refractivity contribution in [2.24, 2.45) is 5.92 Å². The maximum absolute atomic E-state index is 12.3. The largest absolute Gasteiger partial charge is 0.497 e. The van der Waals surface area contributed by atoms with Gasteiger partial charge in [-0.15, -0.1) is 0 Å². The molecule has 1 amide bonds. The topological polar surface area (TPSA) is 44.8 Å². The maximum Gasteiger partial charge on any atom is 0.247 e. The van der Waals surface area contributed by atoms with Gasteiger partial charge in [0, 0.05) is 43.5 Å². The molecule has 0 unspecified atom stereocenters. The molecule has 4 rings (SSSR count). The van der Waals surface area contributed by atoms with E-state index in [-0.39, 0.29) is 5.91 Å². The SMILES string of the molecule is COc1ccc(N2CCN(CC[C@H]3CC[C@H](NC(=O)C4=CCCC4)CC3)CC2)cc1. The fourth-order valence-corrected chi connectivity index (χ4v) is 5.14. The second-order valence-corrected chi connectivity index (χ2v) is 9.13. The number of allylic oxidation sites excluding steroid dienone is 1. The van der Waals surface area contributed by atoms with Crippen LogP contribution in [0, 0.1) is 5.92 Å². The predicted octanol–water partition coefficient (Wildman–Crippen LogP) is 3.99. The Morgan fingerprint density at radius 2 is 1.80 bits per heavy atom. The van der Waals surface area contributed by atoms with E-state index in [1.54, 1.807) is 7.11 Å². The van der Waals surface area contributed by atoms with E-state index in [2.05, 4.69) is 33.3 Å². The molecule has 1 aromatic carbocycles. The lowest BCUT2D eigenvalue weighted by Gasteiger charge is -2.37. The molecule has 0 atom stereocenters. The second kappa shape index (κ2) is 10.3. The number of piperazine rings is 1. The lowest BCUT2D eigenvalue weighted by molar-refractivity contribution is -0.118. The average molecular weight is 412 g/mol. The van der Waals surface area contributed by atoms with Gasteiger partial charge in [0.1, 0.15) is 5.75 Å². The summed E-state index contributed by atoms with van der Waals surface area (Å²) >= 11 is 0. The number of methoxy groups -OCH3 is 1. The van der Waals surface area contributed by atoms with E-state index in [0.717, 1.165) is 75.5 Å². The van der Waals surface area contributed by atoms with Gasteiger partial charge in [-0.3, -0.25) is 9.69 Å². The van der Waals surface area contributed by atoms with Crippen molar-refractivity contribution in [3.63, 3.8) is 0 Å². The van der Waals surface area contributed by atoms with Crippen molar-refractivity contribution in [3.8, 4) is 5.75 Å². The Labute approximate surface area is 181 Å². The first kappa shape index (κ1) is 21.2. The molecule has 1 aromatic rings. The summed E-state index contributed by atoms with van der Waals surface area (Å²) in [6.45, 7) is 5.70. The van der Waals surface area contributed by atoms with Crippen molar-refractivity contribution in [2.45, 2.75) is 57.4 Å². The van der Waals surface area contributed by atoms with E-state index in [4.69, 9.17) is 4.74 Å². The Morgan fingerprint density at radius 3 is 2.43 bits per heavy atom. The van der Waals surface area contributed by atoms with Gasteiger partial charge in [0.15, 0.2) is 0 Å². The van der Waals surface area contributed by atoms with E-state index < -0.39 is 0 Å². The molecule has 1 saturated carbocycles. The van der Waals surface area contributed by atoms with Crippen LogP contribution in [-0.4, -0.2) is 56.7 Å². The highest BCUT2D eigenvalue weighted by molar-refractivity contribution is 5.93. The van der Waals surface area contributed by atoms with Crippen LogP contribution in [0.15, 0.2) is 35.9 Å². The lowest BCUT2D eigenvalue weighted by Crippen LogP contribution is -2.47. The van der Waals surface area contributed by atoms with Crippen molar-refractivity contribution < 1.29 is 9.53 Å². The average Bonchev–Trinajstić information content (AvgIpc) is 3.34. The Kier molecular flexibility index (Phi) is 7.32. The highest BCUT2D eigenvalue weighted by atomic mass is 16.5. The molecule has 3 aliphatic rings. The third-order valence-corrected chi connectivity index (χ3v) is 7.18. The summed E-state index contributed by atoms with van der Waals surface area (Å²) in [6.07, 6.45) is 11.4. The first-order chi connectivity index (χ1) is 14.7. The predicted molar refractivity (Wildman–Crippen MR) is 122 cm³/mol. The number of benzene rings is 1. The standard InChI is InChI=1S/C25H37N3O2/c1-30-24-12-10-23(11-13-24)28-18-16-27(17-19-28)15-14-20-6-8-22(9-7-20)26-25(29)21-4-2-3-5-21/h4,10-13,20,22H,2-3,5-9,14-19H2,1H3,(H,26,29)/t20-,22-. The van der Waals surface area contributed by atoms with Gasteiger partial charge in [0.25, 0.3) is 0 Å². The minimum atomic E-state index is 0.200. The minimum absolute atomic E-state index is 0.200. The van der Waals surface area contributed by atoms with Crippen LogP contribution in [-0.2, 0) is 4.79 Å². The smallest absolute Gasteiger partial charge is 0.247 e. The van der Waals surface area contributed by atoms with E-state index >= 15 is 0 Å². The number of nitrogens with zero attached hydrogens (tertiary/aromatic N) is 2. The molecular formula is C25H37N3O2. The molecule has 0 spiro atoms. The molecule has 30 heavy (non-hydrogen) atoms. The van der Waals surface area contributed by atoms with Crippen LogP contribution in [0.4, 0.5) is 5.69 Å². The zero-order valence-electron chi connectivity index (χ0n) is 18.4. The molecule has 2 fully saturated rings. The van der Waals surface area contributed by atoms with Gasteiger partial charge < -0.3 is 15.0 Å². The van der Waals surface area contributed by atoms with Crippen LogP contribution in [0.3, 0.4) is 0 Å². The number of hydrogen-bond acceptors (Lipinski definition) is 4. The van der Waals surface area contributed by atoms with Crippen molar-refractivity contribution in [2.75, 3.05) is 44.7 Å². The first-order valence-corrected chi connectivity index (χ1v) is 11.8. The van der Waals surface area contributed by atoms with Crippen LogP contribution in [0.5, 0.6) is 5.75 Å². The van der Waals surface area contributed by atoms with Crippen LogP contribution in [0.25, 0.3) is 0 Å². The third-order valence-electron chi connectivity index (χ3n) is 7.18. The van der Waals surface area contributed by atoms with Crippen molar-refractivity contribution in [3.05, 3.63) is 35.9 Å². The molecule has 0 radical (unpaired) electrons. The van der Waals surface area contributed by atoms with E-state index in [1.165, 1.54) is 31.5 Å². The zero-order chi connectivity index (χ0) is 20.8. The third kappa shape index (κ3) is 5.57. The summed E-state index contributed by atoms with van der Waals surface area (Å²) in [6, 6.07) is 8.81. The first-order valence-electron chi connectivity index (χ1n) is 11.8. The molecule has 0 aromatic heterocycles. The molecule has 1 N–H and O–H groups in total. The van der Waals surface area contributed by atoms with Crippen LogP contribution < -0.4 is 15.0 Å². The fraction of sp³-hybridized carbons (Fsp3) is 0.640. The van der Waals surface area contributed by atoms with Crippen molar-refractivity contribution in [1.82, 2.24) is 10.2 Å². The maximum atomic E-state index is 12.3. The van der Waals surface area contributed by atoms with Gasteiger partial charge in [0.2, 0.25) is 5.91 Å². The normalized spacial score (nSPS) is 25.1. The minimum Gasteiger partial charge on any atom is -0.497 e. The molecule has 5 heteroatoms. The number of ether oxygens (including phenoxy) is 1. The van der Waals surface area contributed by atoms with Crippen molar-refractivity contribution in [1.29, 1.82) is 0 Å². The summed E-state index contributed by atoms with van der Waals surface area (Å²) in [7, 11) is 1.71. The monoisotopic (exact) mass is 411 g/mol. The number of amides is 1. The van der Waals surface area contributed by atoms with Gasteiger partial charge >= 0.3 is 0 Å². The van der Waals surface area contributed by atoms with Crippen LogP contribution >= 0.6 is 0 Å². The molecular weight excluding hydrogens is 374 g/mol. The van der Waals surface area contributed by atoms with E-state index in [9.17, 15) is 4.79 Å². The number of carbonyl (C=O) groups is 1. The highest BCUT2D eigenvalue weighted by Crippen LogP contribution is 2.28. The highest BCUT2D eigenvalue weighted by Gasteiger charge is 2.25. The molecule has 2 aliphatic carbocycles. The number of rotatable bonds is 7. The van der Waals surface area contributed by atoms with E-state index in [1.807, 2.05) is 12.1 Å². The summed E-state index contributed by atoms with van der Waals surface area (Å²) < 4.78 is 5.26. The Hall–Kier alpha value is -2.01. The summed E-state index contributed by atoms with van der Waals surface area (Å²) in [5, 5.41) is 3.28. The van der Waals surface area contributed by atoms with Gasteiger partial charge in [-0.1, -0.05) is 6.08 Å². The van der Waals surface area contributed by atoms with E-state index in [0.29, 0.717) is 6.04 Å².